The lowest BCUT2D eigenvalue weighted by atomic mass is 9.88. The molecule has 0 aliphatic carbocycles. The number of piperazine rings is 1. The minimum atomic E-state index is -0.403. The number of anilines is 2. The number of phenols is 2. The van der Waals surface area contributed by atoms with Gasteiger partial charge in [-0.1, -0.05) is 36.4 Å². The number of urea groups is 1. The number of carbonyl (C=O) groups is 2. The molecule has 0 spiro atoms. The molecule has 236 valence electrons. The van der Waals surface area contributed by atoms with E-state index in [0.29, 0.717) is 25.4 Å². The molecule has 9 nitrogen and oxygen atoms in total. The van der Waals surface area contributed by atoms with E-state index in [1.807, 2.05) is 30.3 Å². The minimum absolute atomic E-state index is 0.203. The summed E-state index contributed by atoms with van der Waals surface area (Å²) in [5, 5.41) is 22.3. The Balaban J connectivity index is 1.19. The van der Waals surface area contributed by atoms with Crippen molar-refractivity contribution in [1.82, 2.24) is 15.2 Å². The number of rotatable bonds is 9. The Bertz CT molecular complexity index is 1720. The van der Waals surface area contributed by atoms with Gasteiger partial charge < -0.3 is 15.1 Å². The van der Waals surface area contributed by atoms with Gasteiger partial charge in [-0.05, 0) is 82.3 Å². The fraction of sp³-hybridized carbons (Fsp3) is 0.250. The number of hydrogen-bond acceptors (Lipinski definition) is 7. The van der Waals surface area contributed by atoms with Crippen LogP contribution in [0.15, 0.2) is 91.3 Å². The standard InChI is InChI=1S/C36H36ClN5O4/c37-16-13-32(25-3-9-30(43)10-4-25)35(27-5-11-31(44)12-6-27)26-1-7-29(8-2-26)41-21-19-40(20-22-41)24-28-14-17-38-23-33(28)42-18-15-34(45)39-36(42)46/h1-12,14,17,23,43-44H,13,15-16,18-22,24H2,(H,39,45,46). The van der Waals surface area contributed by atoms with E-state index in [1.165, 1.54) is 0 Å². The molecule has 0 radical (unpaired) electrons. The molecule has 4 aromatic rings. The van der Waals surface area contributed by atoms with Gasteiger partial charge in [0.25, 0.3) is 0 Å². The number of nitrogens with one attached hydrogen (secondary N) is 1. The average Bonchev–Trinajstić information content (AvgIpc) is 3.07. The van der Waals surface area contributed by atoms with E-state index < -0.39 is 6.03 Å². The number of phenolic OH excluding ortho intramolecular Hbond substituents is 2. The zero-order chi connectivity index (χ0) is 32.0. The van der Waals surface area contributed by atoms with Crippen molar-refractivity contribution in [2.24, 2.45) is 0 Å². The first kappa shape index (κ1) is 31.1. The SMILES string of the molecule is O=C1CCN(c2cnccc2CN2CCN(c3ccc(C(=C(CCCl)c4ccc(O)cc4)c4ccc(O)cc4)cc3)CC2)C(=O)N1. The number of halogens is 1. The molecular weight excluding hydrogens is 602 g/mol. The van der Waals surface area contributed by atoms with Crippen molar-refractivity contribution >= 4 is 46.1 Å². The van der Waals surface area contributed by atoms with Gasteiger partial charge >= 0.3 is 6.03 Å². The molecule has 2 aliphatic heterocycles. The predicted molar refractivity (Wildman–Crippen MR) is 181 cm³/mol. The van der Waals surface area contributed by atoms with Crippen molar-refractivity contribution in [2.45, 2.75) is 19.4 Å². The maximum absolute atomic E-state index is 12.5. The van der Waals surface area contributed by atoms with E-state index in [9.17, 15) is 19.8 Å². The molecule has 10 heteroatoms. The number of hydrogen-bond donors (Lipinski definition) is 3. The molecule has 0 saturated carbocycles. The number of aromatic hydroxyl groups is 2. The summed E-state index contributed by atoms with van der Waals surface area (Å²) in [7, 11) is 0. The topological polar surface area (TPSA) is 109 Å². The summed E-state index contributed by atoms with van der Waals surface area (Å²) in [6.45, 7) is 4.44. The first-order valence-corrected chi connectivity index (χ1v) is 15.9. The number of amides is 3. The van der Waals surface area contributed by atoms with Gasteiger partial charge in [0.15, 0.2) is 0 Å². The van der Waals surface area contributed by atoms with Crippen molar-refractivity contribution in [1.29, 1.82) is 0 Å². The summed E-state index contributed by atoms with van der Waals surface area (Å²) in [6.07, 6.45) is 4.34. The lowest BCUT2D eigenvalue weighted by molar-refractivity contribution is -0.120. The van der Waals surface area contributed by atoms with E-state index in [2.05, 4.69) is 44.4 Å². The van der Waals surface area contributed by atoms with Crippen LogP contribution in [0.5, 0.6) is 11.5 Å². The van der Waals surface area contributed by atoms with Crippen LogP contribution in [0, 0.1) is 0 Å². The number of nitrogens with zero attached hydrogens (tertiary/aromatic N) is 4. The molecule has 3 amide bonds. The molecule has 3 heterocycles. The molecule has 2 fully saturated rings. The lowest BCUT2D eigenvalue weighted by Crippen LogP contribution is -2.50. The number of pyridine rings is 1. The number of imide groups is 1. The maximum Gasteiger partial charge on any atom is 0.328 e. The summed E-state index contributed by atoms with van der Waals surface area (Å²) in [5.41, 5.74) is 7.96. The Labute approximate surface area is 273 Å². The van der Waals surface area contributed by atoms with Gasteiger partial charge in [0, 0.05) is 63.5 Å². The van der Waals surface area contributed by atoms with Gasteiger partial charge in [-0.25, -0.2) is 4.79 Å². The minimum Gasteiger partial charge on any atom is -0.508 e. The summed E-state index contributed by atoms with van der Waals surface area (Å²) < 4.78 is 0. The lowest BCUT2D eigenvalue weighted by Gasteiger charge is -2.37. The van der Waals surface area contributed by atoms with Gasteiger partial charge in [0.2, 0.25) is 5.91 Å². The quantitative estimate of drug-likeness (QED) is 0.156. The third kappa shape index (κ3) is 7.01. The van der Waals surface area contributed by atoms with Crippen molar-refractivity contribution in [2.75, 3.05) is 48.4 Å². The predicted octanol–water partition coefficient (Wildman–Crippen LogP) is 5.85. The van der Waals surface area contributed by atoms with Crippen LogP contribution in [0.1, 0.15) is 35.1 Å². The molecule has 1 aromatic heterocycles. The van der Waals surface area contributed by atoms with Crippen LogP contribution in [0.3, 0.4) is 0 Å². The average molecular weight is 638 g/mol. The van der Waals surface area contributed by atoms with E-state index in [-0.39, 0.29) is 23.8 Å². The van der Waals surface area contributed by atoms with Crippen molar-refractivity contribution in [3.8, 4) is 11.5 Å². The smallest absolute Gasteiger partial charge is 0.328 e. The van der Waals surface area contributed by atoms with Gasteiger partial charge in [-0.15, -0.1) is 11.6 Å². The van der Waals surface area contributed by atoms with Crippen molar-refractivity contribution < 1.29 is 19.8 Å². The van der Waals surface area contributed by atoms with Crippen molar-refractivity contribution in [3.63, 3.8) is 0 Å². The third-order valence-corrected chi connectivity index (χ3v) is 8.73. The monoisotopic (exact) mass is 637 g/mol. The van der Waals surface area contributed by atoms with E-state index >= 15 is 0 Å². The normalized spacial score (nSPS) is 16.3. The Kier molecular flexibility index (Phi) is 9.51. The summed E-state index contributed by atoms with van der Waals surface area (Å²) >= 11 is 6.30. The van der Waals surface area contributed by atoms with Crippen LogP contribution < -0.4 is 15.1 Å². The van der Waals surface area contributed by atoms with E-state index in [1.54, 1.807) is 41.6 Å². The second kappa shape index (κ2) is 14.1. The molecule has 0 atom stereocenters. The van der Waals surface area contributed by atoms with Crippen LogP contribution in [-0.4, -0.2) is 70.6 Å². The third-order valence-electron chi connectivity index (χ3n) is 8.54. The fourth-order valence-electron chi connectivity index (χ4n) is 6.14. The van der Waals surface area contributed by atoms with Crippen LogP contribution >= 0.6 is 11.6 Å². The first-order valence-electron chi connectivity index (χ1n) is 15.4. The van der Waals surface area contributed by atoms with Gasteiger partial charge in [0.05, 0.1) is 11.9 Å². The van der Waals surface area contributed by atoms with Crippen LogP contribution in [0.2, 0.25) is 0 Å². The van der Waals surface area contributed by atoms with Crippen LogP contribution in [-0.2, 0) is 11.3 Å². The van der Waals surface area contributed by atoms with Crippen LogP contribution in [0.4, 0.5) is 16.2 Å². The molecule has 46 heavy (non-hydrogen) atoms. The maximum atomic E-state index is 12.5. The zero-order valence-electron chi connectivity index (χ0n) is 25.4. The van der Waals surface area contributed by atoms with E-state index in [0.717, 1.165) is 71.0 Å². The van der Waals surface area contributed by atoms with Crippen molar-refractivity contribution in [3.05, 3.63) is 114 Å². The first-order chi connectivity index (χ1) is 22.4. The number of alkyl halides is 1. The Hall–Kier alpha value is -4.86. The highest BCUT2D eigenvalue weighted by atomic mass is 35.5. The number of allylic oxidation sites excluding steroid dienone is 1. The second-order valence-electron chi connectivity index (χ2n) is 11.5. The van der Waals surface area contributed by atoms with Gasteiger partial charge in [-0.3, -0.25) is 24.9 Å². The fourth-order valence-corrected chi connectivity index (χ4v) is 6.33. The number of benzene rings is 3. The largest absolute Gasteiger partial charge is 0.508 e. The number of aromatic nitrogens is 1. The summed E-state index contributed by atoms with van der Waals surface area (Å²) in [5.74, 6) is 0.593. The zero-order valence-corrected chi connectivity index (χ0v) is 26.2. The molecule has 2 aliphatic rings. The summed E-state index contributed by atoms with van der Waals surface area (Å²) in [4.78, 5) is 34.7. The van der Waals surface area contributed by atoms with Gasteiger partial charge in [0.1, 0.15) is 11.5 Å². The van der Waals surface area contributed by atoms with E-state index in [4.69, 9.17) is 11.6 Å². The Morgan fingerprint density at radius 1 is 0.783 bits per heavy atom. The van der Waals surface area contributed by atoms with Gasteiger partial charge in [-0.2, -0.15) is 0 Å². The highest BCUT2D eigenvalue weighted by Crippen LogP contribution is 2.36. The molecule has 2 saturated heterocycles. The molecule has 0 bridgehead atoms. The molecular formula is C36H36ClN5O4. The second-order valence-corrected chi connectivity index (χ2v) is 11.8. The highest BCUT2D eigenvalue weighted by Gasteiger charge is 2.27. The molecule has 3 aromatic carbocycles. The highest BCUT2D eigenvalue weighted by molar-refractivity contribution is 6.18. The number of carbonyl (C=O) groups excluding carboxylic acids is 2. The van der Waals surface area contributed by atoms with Crippen LogP contribution in [0.25, 0.3) is 11.1 Å². The molecule has 6 rings (SSSR count). The molecule has 3 N–H and O–H groups in total. The molecule has 0 unspecified atom stereocenters. The Morgan fingerprint density at radius 3 is 2.00 bits per heavy atom. The Morgan fingerprint density at radius 2 is 1.39 bits per heavy atom. The summed E-state index contributed by atoms with van der Waals surface area (Å²) in [6, 6.07) is 24.5.